The van der Waals surface area contributed by atoms with Crippen molar-refractivity contribution in [3.63, 3.8) is 0 Å². The quantitative estimate of drug-likeness (QED) is 0.826. The Hall–Kier alpha value is -2.50. The van der Waals surface area contributed by atoms with Gasteiger partial charge in [0.05, 0.1) is 18.4 Å². The molecule has 2 aromatic rings. The van der Waals surface area contributed by atoms with Crippen molar-refractivity contribution in [3.8, 4) is 0 Å². The predicted molar refractivity (Wildman–Crippen MR) is 94.4 cm³/mol. The third-order valence-corrected chi connectivity index (χ3v) is 5.26. The lowest BCUT2D eigenvalue weighted by molar-refractivity contribution is -0.134. The van der Waals surface area contributed by atoms with Gasteiger partial charge in [-0.25, -0.2) is 0 Å². The fourth-order valence-electron chi connectivity index (χ4n) is 3.32. The topological polar surface area (TPSA) is 75.7 Å². The predicted octanol–water partition coefficient (Wildman–Crippen LogP) is 3.31. The summed E-state index contributed by atoms with van der Waals surface area (Å²) in [5.41, 5.74) is 0.414. The molecule has 1 N–H and O–H groups in total. The molecule has 3 atom stereocenters. The van der Waals surface area contributed by atoms with E-state index >= 15 is 0 Å². The van der Waals surface area contributed by atoms with Crippen molar-refractivity contribution in [1.29, 1.82) is 0 Å². The molecular formula is C20H24N2O4. The van der Waals surface area contributed by atoms with Gasteiger partial charge in [-0.2, -0.15) is 0 Å². The normalized spacial score (nSPS) is 22.7. The number of amides is 2. The summed E-state index contributed by atoms with van der Waals surface area (Å²) in [5, 5.41) is 2.75. The summed E-state index contributed by atoms with van der Waals surface area (Å²) in [5.74, 6) is 2.67. The SMILES string of the molecule is CC(NC(=O)c1ccoc1)C(=O)N(Cc1ccc(C2CC2C)o1)C1CC1. The van der Waals surface area contributed by atoms with Crippen molar-refractivity contribution in [3.05, 3.63) is 47.8 Å². The lowest BCUT2D eigenvalue weighted by Crippen LogP contribution is -2.47. The molecule has 138 valence electrons. The molecule has 2 aromatic heterocycles. The number of nitrogens with one attached hydrogen (secondary N) is 1. The minimum absolute atomic E-state index is 0.0814. The highest BCUT2D eigenvalue weighted by Gasteiger charge is 2.38. The zero-order valence-electron chi connectivity index (χ0n) is 15.1. The molecule has 0 saturated heterocycles. The summed E-state index contributed by atoms with van der Waals surface area (Å²) in [4.78, 5) is 26.9. The van der Waals surface area contributed by atoms with Crippen LogP contribution in [0, 0.1) is 5.92 Å². The molecule has 0 aliphatic heterocycles. The molecular weight excluding hydrogens is 332 g/mol. The molecule has 6 heteroatoms. The molecule has 0 spiro atoms. The van der Waals surface area contributed by atoms with E-state index in [-0.39, 0.29) is 17.9 Å². The van der Waals surface area contributed by atoms with Crippen molar-refractivity contribution < 1.29 is 18.4 Å². The van der Waals surface area contributed by atoms with Crippen LogP contribution in [0.5, 0.6) is 0 Å². The minimum Gasteiger partial charge on any atom is -0.472 e. The first-order chi connectivity index (χ1) is 12.5. The van der Waals surface area contributed by atoms with E-state index in [1.54, 1.807) is 13.0 Å². The van der Waals surface area contributed by atoms with Crippen LogP contribution in [-0.4, -0.2) is 28.8 Å². The number of hydrogen-bond acceptors (Lipinski definition) is 4. The Morgan fingerprint density at radius 1 is 1.31 bits per heavy atom. The third-order valence-electron chi connectivity index (χ3n) is 5.26. The Bertz CT molecular complexity index is 791. The second-order valence-electron chi connectivity index (χ2n) is 7.53. The Morgan fingerprint density at radius 2 is 2.08 bits per heavy atom. The summed E-state index contributed by atoms with van der Waals surface area (Å²) in [7, 11) is 0. The summed E-state index contributed by atoms with van der Waals surface area (Å²) in [6.07, 6.45) is 5.99. The molecule has 2 saturated carbocycles. The van der Waals surface area contributed by atoms with Crippen LogP contribution < -0.4 is 5.32 Å². The van der Waals surface area contributed by atoms with Crippen molar-refractivity contribution in [1.82, 2.24) is 10.2 Å². The number of carbonyl (C=O) groups is 2. The lowest BCUT2D eigenvalue weighted by Gasteiger charge is -2.25. The first-order valence-electron chi connectivity index (χ1n) is 9.25. The highest BCUT2D eigenvalue weighted by atomic mass is 16.3. The lowest BCUT2D eigenvalue weighted by atomic mass is 10.2. The Labute approximate surface area is 152 Å². The maximum absolute atomic E-state index is 12.9. The number of hydrogen-bond donors (Lipinski definition) is 1. The Kier molecular flexibility index (Phi) is 4.34. The van der Waals surface area contributed by atoms with E-state index in [4.69, 9.17) is 8.83 Å². The van der Waals surface area contributed by atoms with Crippen LogP contribution in [0.3, 0.4) is 0 Å². The molecule has 6 nitrogen and oxygen atoms in total. The van der Waals surface area contributed by atoms with Gasteiger partial charge in [-0.3, -0.25) is 9.59 Å². The van der Waals surface area contributed by atoms with Crippen LogP contribution in [-0.2, 0) is 11.3 Å². The minimum atomic E-state index is -0.601. The van der Waals surface area contributed by atoms with E-state index in [0.29, 0.717) is 23.9 Å². The van der Waals surface area contributed by atoms with Crippen LogP contribution in [0.1, 0.15) is 60.9 Å². The van der Waals surface area contributed by atoms with Gasteiger partial charge in [-0.1, -0.05) is 6.92 Å². The van der Waals surface area contributed by atoms with E-state index in [1.165, 1.54) is 18.9 Å². The van der Waals surface area contributed by atoms with Crippen LogP contribution in [0.15, 0.2) is 39.6 Å². The molecule has 3 unspecified atom stereocenters. The molecule has 2 aliphatic carbocycles. The maximum atomic E-state index is 12.9. The van der Waals surface area contributed by atoms with Crippen molar-refractivity contribution >= 4 is 11.8 Å². The summed E-state index contributed by atoms with van der Waals surface area (Å²) >= 11 is 0. The van der Waals surface area contributed by atoms with E-state index < -0.39 is 6.04 Å². The van der Waals surface area contributed by atoms with Gasteiger partial charge in [0.1, 0.15) is 23.8 Å². The van der Waals surface area contributed by atoms with Gasteiger partial charge in [-0.05, 0) is 50.3 Å². The number of nitrogens with zero attached hydrogens (tertiary/aromatic N) is 1. The molecule has 4 rings (SSSR count). The van der Waals surface area contributed by atoms with Crippen LogP contribution in [0.2, 0.25) is 0 Å². The highest BCUT2D eigenvalue weighted by Crippen LogP contribution is 2.47. The zero-order chi connectivity index (χ0) is 18.3. The fraction of sp³-hybridized carbons (Fsp3) is 0.500. The first-order valence-corrected chi connectivity index (χ1v) is 9.25. The molecule has 2 aliphatic rings. The fourth-order valence-corrected chi connectivity index (χ4v) is 3.32. The average Bonchev–Trinajstić information content (AvgIpc) is 3.47. The molecule has 0 aromatic carbocycles. The third kappa shape index (κ3) is 3.54. The van der Waals surface area contributed by atoms with E-state index in [2.05, 4.69) is 12.2 Å². The molecule has 26 heavy (non-hydrogen) atoms. The largest absolute Gasteiger partial charge is 0.472 e. The number of carbonyl (C=O) groups excluding carboxylic acids is 2. The van der Waals surface area contributed by atoms with Crippen molar-refractivity contribution in [2.45, 2.75) is 57.7 Å². The smallest absolute Gasteiger partial charge is 0.255 e. The number of rotatable bonds is 7. The monoisotopic (exact) mass is 356 g/mol. The average molecular weight is 356 g/mol. The second kappa shape index (κ2) is 6.67. The Morgan fingerprint density at radius 3 is 2.69 bits per heavy atom. The standard InChI is InChI=1S/C20H24N2O4/c1-12-9-17(12)18-6-5-16(26-18)10-22(15-3-4-15)20(24)13(2)21-19(23)14-7-8-25-11-14/h5-8,11-13,15,17H,3-4,9-10H2,1-2H3,(H,21,23). The van der Waals surface area contributed by atoms with Gasteiger partial charge in [0, 0.05) is 12.0 Å². The summed E-state index contributed by atoms with van der Waals surface area (Å²) < 4.78 is 10.9. The van der Waals surface area contributed by atoms with E-state index in [0.717, 1.165) is 24.4 Å². The van der Waals surface area contributed by atoms with E-state index in [1.807, 2.05) is 17.0 Å². The van der Waals surface area contributed by atoms with E-state index in [9.17, 15) is 9.59 Å². The van der Waals surface area contributed by atoms with Crippen LogP contribution >= 0.6 is 0 Å². The van der Waals surface area contributed by atoms with Crippen molar-refractivity contribution in [2.24, 2.45) is 5.92 Å². The maximum Gasteiger partial charge on any atom is 0.255 e. The first kappa shape index (κ1) is 16.9. The highest BCUT2D eigenvalue weighted by molar-refractivity contribution is 5.97. The van der Waals surface area contributed by atoms with Gasteiger partial charge in [0.2, 0.25) is 5.91 Å². The second-order valence-corrected chi connectivity index (χ2v) is 7.53. The van der Waals surface area contributed by atoms with Gasteiger partial charge in [0.15, 0.2) is 0 Å². The Balaban J connectivity index is 1.40. The molecule has 2 heterocycles. The molecule has 2 fully saturated rings. The molecule has 2 amide bonds. The molecule has 0 bridgehead atoms. The van der Waals surface area contributed by atoms with Crippen molar-refractivity contribution in [2.75, 3.05) is 0 Å². The van der Waals surface area contributed by atoms with Gasteiger partial charge < -0.3 is 19.1 Å². The zero-order valence-corrected chi connectivity index (χ0v) is 15.1. The van der Waals surface area contributed by atoms with Crippen LogP contribution in [0.4, 0.5) is 0 Å². The van der Waals surface area contributed by atoms with Gasteiger partial charge in [-0.15, -0.1) is 0 Å². The van der Waals surface area contributed by atoms with Gasteiger partial charge >= 0.3 is 0 Å². The molecule has 0 radical (unpaired) electrons. The summed E-state index contributed by atoms with van der Waals surface area (Å²) in [6, 6.07) is 5.22. The van der Waals surface area contributed by atoms with Crippen LogP contribution in [0.25, 0.3) is 0 Å². The van der Waals surface area contributed by atoms with Gasteiger partial charge in [0.25, 0.3) is 5.91 Å². The summed E-state index contributed by atoms with van der Waals surface area (Å²) in [6.45, 7) is 4.39. The number of furan rings is 2.